The third kappa shape index (κ3) is 5.87. The summed E-state index contributed by atoms with van der Waals surface area (Å²) < 4.78 is 0. The Bertz CT molecular complexity index is 392. The van der Waals surface area contributed by atoms with Crippen LogP contribution in [0.25, 0.3) is 0 Å². The lowest BCUT2D eigenvalue weighted by Crippen LogP contribution is -2.03. The third-order valence-corrected chi connectivity index (χ3v) is 3.62. The van der Waals surface area contributed by atoms with Gasteiger partial charge in [-0.25, -0.2) is 4.98 Å². The highest BCUT2D eigenvalue weighted by atomic mass is 14.7. The van der Waals surface area contributed by atoms with Gasteiger partial charge in [0.05, 0.1) is 0 Å². The Morgan fingerprint density at radius 1 is 1.05 bits per heavy atom. The topological polar surface area (TPSA) is 36.7 Å². The van der Waals surface area contributed by atoms with Crippen LogP contribution in [0.3, 0.4) is 0 Å². The predicted molar refractivity (Wildman–Crippen MR) is 80.0 cm³/mol. The summed E-state index contributed by atoms with van der Waals surface area (Å²) in [6, 6.07) is 7.98. The Balaban J connectivity index is 2.63. The SMILES string of the molecule is CCCCCCC(CCCC)c1cccc(C#N)n1. The second-order valence-electron chi connectivity index (χ2n) is 5.25. The molecule has 1 atom stereocenters. The Hall–Kier alpha value is -1.36. The highest BCUT2D eigenvalue weighted by Gasteiger charge is 2.12. The Morgan fingerprint density at radius 3 is 2.47 bits per heavy atom. The van der Waals surface area contributed by atoms with Crippen molar-refractivity contribution in [3.63, 3.8) is 0 Å². The Labute approximate surface area is 117 Å². The van der Waals surface area contributed by atoms with E-state index in [4.69, 9.17) is 5.26 Å². The average molecular weight is 258 g/mol. The maximum atomic E-state index is 8.95. The first-order valence-electron chi connectivity index (χ1n) is 7.68. The van der Waals surface area contributed by atoms with E-state index in [9.17, 15) is 0 Å². The zero-order valence-corrected chi connectivity index (χ0v) is 12.4. The van der Waals surface area contributed by atoms with E-state index in [1.807, 2.05) is 6.07 Å². The van der Waals surface area contributed by atoms with Gasteiger partial charge >= 0.3 is 0 Å². The third-order valence-electron chi connectivity index (χ3n) is 3.62. The van der Waals surface area contributed by atoms with Crippen molar-refractivity contribution in [1.82, 2.24) is 4.98 Å². The first kappa shape index (κ1) is 15.7. The fraction of sp³-hybridized carbons (Fsp3) is 0.647. The van der Waals surface area contributed by atoms with Crippen LogP contribution in [0.5, 0.6) is 0 Å². The molecule has 0 saturated carbocycles. The number of nitriles is 1. The van der Waals surface area contributed by atoms with Gasteiger partial charge in [-0.3, -0.25) is 0 Å². The van der Waals surface area contributed by atoms with Crippen molar-refractivity contribution >= 4 is 0 Å². The molecule has 2 heteroatoms. The lowest BCUT2D eigenvalue weighted by molar-refractivity contribution is 0.500. The number of rotatable bonds is 9. The lowest BCUT2D eigenvalue weighted by Gasteiger charge is -2.16. The van der Waals surface area contributed by atoms with Crippen molar-refractivity contribution < 1.29 is 0 Å². The van der Waals surface area contributed by atoms with Gasteiger partial charge in [0.2, 0.25) is 0 Å². The van der Waals surface area contributed by atoms with Crippen molar-refractivity contribution in [3.05, 3.63) is 29.6 Å². The van der Waals surface area contributed by atoms with Gasteiger partial charge in [-0.15, -0.1) is 0 Å². The number of unbranched alkanes of at least 4 members (excludes halogenated alkanes) is 4. The molecule has 0 fully saturated rings. The zero-order chi connectivity index (χ0) is 13.9. The van der Waals surface area contributed by atoms with Crippen LogP contribution in [-0.4, -0.2) is 4.98 Å². The van der Waals surface area contributed by atoms with Crippen molar-refractivity contribution in [3.8, 4) is 6.07 Å². The van der Waals surface area contributed by atoms with E-state index < -0.39 is 0 Å². The van der Waals surface area contributed by atoms with Gasteiger partial charge in [-0.05, 0) is 25.0 Å². The Morgan fingerprint density at radius 2 is 1.79 bits per heavy atom. The predicted octanol–water partition coefficient (Wildman–Crippen LogP) is 5.20. The van der Waals surface area contributed by atoms with E-state index in [1.165, 1.54) is 51.4 Å². The molecule has 0 radical (unpaired) electrons. The first-order valence-corrected chi connectivity index (χ1v) is 7.68. The minimum atomic E-state index is 0.533. The van der Waals surface area contributed by atoms with Crippen molar-refractivity contribution in [1.29, 1.82) is 5.26 Å². The van der Waals surface area contributed by atoms with Gasteiger partial charge < -0.3 is 0 Å². The van der Waals surface area contributed by atoms with Crippen LogP contribution in [0.2, 0.25) is 0 Å². The minimum absolute atomic E-state index is 0.533. The quantitative estimate of drug-likeness (QED) is 0.571. The first-order chi connectivity index (χ1) is 9.31. The smallest absolute Gasteiger partial charge is 0.140 e. The van der Waals surface area contributed by atoms with Gasteiger partial charge in [0, 0.05) is 11.6 Å². The number of pyridine rings is 1. The lowest BCUT2D eigenvalue weighted by atomic mass is 9.92. The molecule has 0 aliphatic heterocycles. The van der Waals surface area contributed by atoms with Crippen LogP contribution >= 0.6 is 0 Å². The average Bonchev–Trinajstić information content (AvgIpc) is 2.46. The molecule has 19 heavy (non-hydrogen) atoms. The maximum Gasteiger partial charge on any atom is 0.140 e. The maximum absolute atomic E-state index is 8.95. The molecule has 0 amide bonds. The number of aromatic nitrogens is 1. The van der Waals surface area contributed by atoms with Gasteiger partial charge in [0.15, 0.2) is 0 Å². The fourth-order valence-corrected chi connectivity index (χ4v) is 2.45. The van der Waals surface area contributed by atoms with E-state index in [-0.39, 0.29) is 0 Å². The second-order valence-corrected chi connectivity index (χ2v) is 5.25. The summed E-state index contributed by atoms with van der Waals surface area (Å²) in [5, 5.41) is 8.95. The summed E-state index contributed by atoms with van der Waals surface area (Å²) in [4.78, 5) is 4.48. The molecule has 104 valence electrons. The molecule has 1 unspecified atom stereocenters. The van der Waals surface area contributed by atoms with Crippen LogP contribution in [0.4, 0.5) is 0 Å². The molecule has 1 aromatic heterocycles. The summed E-state index contributed by atoms with van der Waals surface area (Å²) >= 11 is 0. The van der Waals surface area contributed by atoms with Gasteiger partial charge in [0.25, 0.3) is 0 Å². The van der Waals surface area contributed by atoms with Crippen molar-refractivity contribution in [2.45, 2.75) is 71.1 Å². The van der Waals surface area contributed by atoms with Crippen LogP contribution in [0, 0.1) is 11.3 Å². The highest BCUT2D eigenvalue weighted by molar-refractivity contribution is 5.23. The zero-order valence-electron chi connectivity index (χ0n) is 12.4. The van der Waals surface area contributed by atoms with Gasteiger partial charge in [-0.2, -0.15) is 5.26 Å². The molecule has 0 aliphatic carbocycles. The molecule has 1 aromatic rings. The van der Waals surface area contributed by atoms with E-state index >= 15 is 0 Å². The normalized spacial score (nSPS) is 12.1. The van der Waals surface area contributed by atoms with E-state index in [0.717, 1.165) is 5.69 Å². The fourth-order valence-electron chi connectivity index (χ4n) is 2.45. The molecule has 0 spiro atoms. The van der Waals surface area contributed by atoms with Crippen LogP contribution in [0.1, 0.15) is 82.5 Å². The van der Waals surface area contributed by atoms with Crippen molar-refractivity contribution in [2.75, 3.05) is 0 Å². The Kier molecular flexibility index (Phi) is 7.89. The number of hydrogen-bond donors (Lipinski definition) is 0. The summed E-state index contributed by atoms with van der Waals surface area (Å²) in [5.41, 5.74) is 1.66. The van der Waals surface area contributed by atoms with Crippen molar-refractivity contribution in [2.24, 2.45) is 0 Å². The van der Waals surface area contributed by atoms with Crippen LogP contribution in [0.15, 0.2) is 18.2 Å². The molecular formula is C17H26N2. The molecule has 0 N–H and O–H groups in total. The van der Waals surface area contributed by atoms with Gasteiger partial charge in [-0.1, -0.05) is 58.4 Å². The largest absolute Gasteiger partial charge is 0.242 e. The molecule has 2 nitrogen and oxygen atoms in total. The summed E-state index contributed by atoms with van der Waals surface area (Å²) in [6.07, 6.45) is 10.1. The van der Waals surface area contributed by atoms with E-state index in [0.29, 0.717) is 11.6 Å². The molecule has 1 heterocycles. The molecular weight excluding hydrogens is 232 g/mol. The van der Waals surface area contributed by atoms with Crippen LogP contribution in [-0.2, 0) is 0 Å². The second kappa shape index (κ2) is 9.55. The van der Waals surface area contributed by atoms with E-state index in [1.54, 1.807) is 6.07 Å². The molecule has 0 aromatic carbocycles. The number of nitrogens with zero attached hydrogens (tertiary/aromatic N) is 2. The molecule has 0 aliphatic rings. The summed E-state index contributed by atoms with van der Waals surface area (Å²) in [6.45, 7) is 4.47. The number of hydrogen-bond acceptors (Lipinski definition) is 2. The monoisotopic (exact) mass is 258 g/mol. The molecule has 0 bridgehead atoms. The molecule has 1 rings (SSSR count). The standard InChI is InChI=1S/C17H26N2/c1-3-5-7-8-11-15(10-6-4-2)17-13-9-12-16(14-18)19-17/h9,12-13,15H,3-8,10-11H2,1-2H3. The molecule has 0 saturated heterocycles. The minimum Gasteiger partial charge on any atom is -0.242 e. The van der Waals surface area contributed by atoms with Gasteiger partial charge in [0.1, 0.15) is 11.8 Å². The summed E-state index contributed by atoms with van der Waals surface area (Å²) in [5.74, 6) is 0.533. The van der Waals surface area contributed by atoms with Crippen LogP contribution < -0.4 is 0 Å². The summed E-state index contributed by atoms with van der Waals surface area (Å²) in [7, 11) is 0. The highest BCUT2D eigenvalue weighted by Crippen LogP contribution is 2.26. The van der Waals surface area contributed by atoms with E-state index in [2.05, 4.69) is 31.0 Å².